The van der Waals surface area contributed by atoms with Crippen molar-refractivity contribution in [2.24, 2.45) is 0 Å². The summed E-state index contributed by atoms with van der Waals surface area (Å²) in [5.74, 6) is 0.862. The van der Waals surface area contributed by atoms with E-state index in [0.29, 0.717) is 13.0 Å². The predicted octanol–water partition coefficient (Wildman–Crippen LogP) is 3.37. The molecule has 0 aliphatic heterocycles. The first-order valence-corrected chi connectivity index (χ1v) is 6.83. The van der Waals surface area contributed by atoms with Gasteiger partial charge in [-0.25, -0.2) is 4.74 Å². The van der Waals surface area contributed by atoms with Crippen LogP contribution in [0.2, 0.25) is 0 Å². The molecule has 1 saturated carbocycles. The fraction of sp³-hybridized carbons (Fsp3) is 0.533. The molecule has 0 heterocycles. The molecule has 0 unspecified atom stereocenters. The number of hydrogen-bond donors (Lipinski definition) is 0. The van der Waals surface area contributed by atoms with E-state index in [1.165, 1.54) is 19.3 Å². The van der Waals surface area contributed by atoms with Gasteiger partial charge >= 0.3 is 0 Å². The van der Waals surface area contributed by atoms with E-state index in [-0.39, 0.29) is 6.04 Å². The van der Waals surface area contributed by atoms with Crippen LogP contribution in [0, 0.1) is 5.21 Å². The third-order valence-corrected chi connectivity index (χ3v) is 3.37. The monoisotopic (exact) mass is 247 g/mol. The number of rotatable bonds is 5. The van der Waals surface area contributed by atoms with Gasteiger partial charge in [-0.3, -0.25) is 0 Å². The maximum absolute atomic E-state index is 11.8. The van der Waals surface area contributed by atoms with Gasteiger partial charge in [0.05, 0.1) is 13.0 Å². The molecule has 0 aromatic heterocycles. The second-order valence-corrected chi connectivity index (χ2v) is 4.78. The van der Waals surface area contributed by atoms with Crippen LogP contribution in [-0.4, -0.2) is 23.6 Å². The summed E-state index contributed by atoms with van der Waals surface area (Å²) in [6, 6.07) is 9.91. The van der Waals surface area contributed by atoms with Gasteiger partial charge < -0.3 is 9.94 Å². The Balaban J connectivity index is 1.70. The molecule has 3 nitrogen and oxygen atoms in total. The molecule has 0 atom stereocenters. The molecule has 1 aliphatic rings. The minimum absolute atomic E-state index is 0.204. The highest BCUT2D eigenvalue weighted by Gasteiger charge is 2.18. The molecule has 98 valence electrons. The molecule has 0 N–H and O–H groups in total. The normalized spacial score (nSPS) is 17.7. The lowest BCUT2D eigenvalue weighted by atomic mass is 9.96. The molecule has 1 fully saturated rings. The first-order chi connectivity index (χ1) is 8.86. The van der Waals surface area contributed by atoms with Gasteiger partial charge in [0.2, 0.25) is 0 Å². The Kier molecular flexibility index (Phi) is 5.06. The Morgan fingerprint density at radius 2 is 1.89 bits per heavy atom. The third kappa shape index (κ3) is 4.06. The van der Waals surface area contributed by atoms with Crippen LogP contribution in [0.4, 0.5) is 0 Å². The van der Waals surface area contributed by atoms with Crippen molar-refractivity contribution in [3.63, 3.8) is 0 Å². The Labute approximate surface area is 109 Å². The zero-order chi connectivity index (χ0) is 12.6. The van der Waals surface area contributed by atoms with Crippen LogP contribution < -0.4 is 4.74 Å². The van der Waals surface area contributed by atoms with Crippen LogP contribution in [0.3, 0.4) is 0 Å². The van der Waals surface area contributed by atoms with Gasteiger partial charge in [0.1, 0.15) is 5.75 Å². The van der Waals surface area contributed by atoms with Gasteiger partial charge in [-0.2, -0.15) is 0 Å². The van der Waals surface area contributed by atoms with Crippen molar-refractivity contribution in [3.8, 4) is 5.75 Å². The van der Waals surface area contributed by atoms with E-state index >= 15 is 0 Å². The van der Waals surface area contributed by atoms with E-state index in [2.05, 4.69) is 0 Å². The summed E-state index contributed by atoms with van der Waals surface area (Å²) in [5, 5.41) is 11.8. The molecule has 18 heavy (non-hydrogen) atoms. The van der Waals surface area contributed by atoms with Gasteiger partial charge in [-0.05, 0) is 25.0 Å². The van der Waals surface area contributed by atoms with E-state index in [4.69, 9.17) is 4.74 Å². The minimum Gasteiger partial charge on any atom is -0.624 e. The lowest BCUT2D eigenvalue weighted by molar-refractivity contribution is -0.502. The number of nitrogens with zero attached hydrogens (tertiary/aromatic N) is 1. The number of hydroxylamine groups is 1. The lowest BCUT2D eigenvalue weighted by Gasteiger charge is -2.20. The molecule has 0 spiro atoms. The molecule has 2 rings (SSSR count). The second kappa shape index (κ2) is 7.04. The van der Waals surface area contributed by atoms with Gasteiger partial charge in [0.15, 0.2) is 12.3 Å². The summed E-state index contributed by atoms with van der Waals surface area (Å²) in [4.78, 5) is 0. The Morgan fingerprint density at radius 3 is 2.61 bits per heavy atom. The summed E-state index contributed by atoms with van der Waals surface area (Å²) < 4.78 is 6.69. The molecular formula is C15H21NO2. The minimum atomic E-state index is 0.204. The zero-order valence-corrected chi connectivity index (χ0v) is 10.8. The highest BCUT2D eigenvalue weighted by molar-refractivity contribution is 5.51. The van der Waals surface area contributed by atoms with E-state index in [1.54, 1.807) is 6.21 Å². The molecular weight excluding hydrogens is 226 g/mol. The number of benzene rings is 1. The molecule has 0 radical (unpaired) electrons. The van der Waals surface area contributed by atoms with Crippen molar-refractivity contribution in [2.75, 3.05) is 6.61 Å². The highest BCUT2D eigenvalue weighted by Crippen LogP contribution is 2.19. The average molecular weight is 247 g/mol. The standard InChI is InChI=1S/C15H21NO2/c17-16(14-8-3-1-4-9-14)12-7-13-18-15-10-5-2-6-11-15/h2,5-6,10-12,14H,1,3-4,7-9,13H2/b16-12-. The lowest BCUT2D eigenvalue weighted by Crippen LogP contribution is -2.25. The summed E-state index contributed by atoms with van der Waals surface area (Å²) in [6.45, 7) is 0.565. The van der Waals surface area contributed by atoms with Crippen LogP contribution >= 0.6 is 0 Å². The van der Waals surface area contributed by atoms with Crippen molar-refractivity contribution in [2.45, 2.75) is 44.6 Å². The third-order valence-electron chi connectivity index (χ3n) is 3.37. The van der Waals surface area contributed by atoms with Crippen LogP contribution in [-0.2, 0) is 0 Å². The summed E-state index contributed by atoms with van der Waals surface area (Å²) in [7, 11) is 0. The van der Waals surface area contributed by atoms with E-state index < -0.39 is 0 Å². The first kappa shape index (κ1) is 12.9. The fourth-order valence-corrected chi connectivity index (χ4v) is 2.36. The van der Waals surface area contributed by atoms with Crippen molar-refractivity contribution in [1.82, 2.24) is 0 Å². The van der Waals surface area contributed by atoms with Crippen molar-refractivity contribution in [1.29, 1.82) is 0 Å². The molecule has 0 amide bonds. The zero-order valence-electron chi connectivity index (χ0n) is 10.8. The first-order valence-electron chi connectivity index (χ1n) is 6.83. The van der Waals surface area contributed by atoms with Crippen molar-refractivity contribution >= 4 is 6.21 Å². The molecule has 1 aromatic carbocycles. The summed E-state index contributed by atoms with van der Waals surface area (Å²) >= 11 is 0. The van der Waals surface area contributed by atoms with Gasteiger partial charge in [-0.15, -0.1) is 0 Å². The molecule has 1 aliphatic carbocycles. The Morgan fingerprint density at radius 1 is 1.17 bits per heavy atom. The maximum Gasteiger partial charge on any atom is 0.162 e. The Hall–Kier alpha value is -1.51. The largest absolute Gasteiger partial charge is 0.624 e. The topological polar surface area (TPSA) is 35.3 Å². The second-order valence-electron chi connectivity index (χ2n) is 4.78. The quantitative estimate of drug-likeness (QED) is 0.263. The van der Waals surface area contributed by atoms with Crippen molar-refractivity contribution < 1.29 is 9.48 Å². The Bertz CT molecular complexity index is 369. The molecule has 0 bridgehead atoms. The summed E-state index contributed by atoms with van der Waals surface area (Å²) in [6.07, 6.45) is 8.16. The van der Waals surface area contributed by atoms with Gasteiger partial charge in [0.25, 0.3) is 0 Å². The molecule has 1 aromatic rings. The van der Waals surface area contributed by atoms with Gasteiger partial charge in [-0.1, -0.05) is 24.6 Å². The highest BCUT2D eigenvalue weighted by atomic mass is 16.5. The number of hydrogen-bond acceptors (Lipinski definition) is 2. The van der Waals surface area contributed by atoms with Crippen LogP contribution in [0.5, 0.6) is 5.75 Å². The van der Waals surface area contributed by atoms with Crippen LogP contribution in [0.1, 0.15) is 38.5 Å². The SMILES string of the molecule is [O-]/[N+](=C\CCOc1ccccc1)C1CCCCC1. The van der Waals surface area contributed by atoms with Crippen LogP contribution in [0.15, 0.2) is 30.3 Å². The number of ether oxygens (including phenoxy) is 1. The van der Waals surface area contributed by atoms with Gasteiger partial charge in [0, 0.05) is 12.8 Å². The fourth-order valence-electron chi connectivity index (χ4n) is 2.36. The van der Waals surface area contributed by atoms with Crippen molar-refractivity contribution in [3.05, 3.63) is 35.5 Å². The molecule has 3 heteroatoms. The van der Waals surface area contributed by atoms with Crippen LogP contribution in [0.25, 0.3) is 0 Å². The predicted molar refractivity (Wildman–Crippen MR) is 73.1 cm³/mol. The van der Waals surface area contributed by atoms with E-state index in [9.17, 15) is 5.21 Å². The van der Waals surface area contributed by atoms with E-state index in [0.717, 1.165) is 23.3 Å². The molecule has 0 saturated heterocycles. The van der Waals surface area contributed by atoms with E-state index in [1.807, 2.05) is 30.3 Å². The smallest absolute Gasteiger partial charge is 0.162 e. The number of para-hydroxylation sites is 1. The average Bonchev–Trinajstić information content (AvgIpc) is 2.45. The maximum atomic E-state index is 11.8. The summed E-state index contributed by atoms with van der Waals surface area (Å²) in [5.41, 5.74) is 0.